The van der Waals surface area contributed by atoms with E-state index < -0.39 is 5.60 Å². The first-order chi connectivity index (χ1) is 11.7. The van der Waals surface area contributed by atoms with Gasteiger partial charge >= 0.3 is 0 Å². The Labute approximate surface area is 170 Å². The molecule has 0 saturated carbocycles. The monoisotopic (exact) mass is 472 g/mol. The van der Waals surface area contributed by atoms with E-state index in [1.54, 1.807) is 11.8 Å². The fraction of sp³-hybridized carbons (Fsp3) is 0.444. The van der Waals surface area contributed by atoms with Gasteiger partial charge in [-0.1, -0.05) is 18.2 Å². The van der Waals surface area contributed by atoms with Crippen LogP contribution in [0.25, 0.3) is 10.9 Å². The highest BCUT2D eigenvalue weighted by Gasteiger charge is 2.31. The Morgan fingerprint density at radius 3 is 2.92 bits per heavy atom. The molecule has 1 saturated heterocycles. The summed E-state index contributed by atoms with van der Waals surface area (Å²) in [6, 6.07) is 10.1. The number of aliphatic hydroxyl groups is 1. The van der Waals surface area contributed by atoms with E-state index in [2.05, 4.69) is 26.7 Å². The molecular weight excluding hydrogens is 447 g/mol. The summed E-state index contributed by atoms with van der Waals surface area (Å²) >= 11 is 1.80. The average Bonchev–Trinajstić information content (AvgIpc) is 3.04. The van der Waals surface area contributed by atoms with Gasteiger partial charge in [0.25, 0.3) is 0 Å². The summed E-state index contributed by atoms with van der Waals surface area (Å²) in [5.41, 5.74) is 1.51. The molecule has 25 heavy (non-hydrogen) atoms. The van der Waals surface area contributed by atoms with E-state index in [4.69, 9.17) is 0 Å². The molecule has 2 heterocycles. The van der Waals surface area contributed by atoms with Crippen molar-refractivity contribution in [1.29, 1.82) is 0 Å². The fourth-order valence-corrected chi connectivity index (χ4v) is 4.08. The minimum atomic E-state index is -0.621. The topological polar surface area (TPSA) is 69.5 Å². The number of nitrogens with zero attached hydrogens (tertiary/aromatic N) is 2. The fourth-order valence-electron chi connectivity index (χ4n) is 2.78. The molecular formula is C18H25IN4OS. The Kier molecular flexibility index (Phi) is 7.77. The molecule has 0 bridgehead atoms. The van der Waals surface area contributed by atoms with Crippen molar-refractivity contribution in [2.75, 3.05) is 24.6 Å². The second-order valence-corrected chi connectivity index (χ2v) is 7.17. The van der Waals surface area contributed by atoms with Crippen LogP contribution in [-0.4, -0.2) is 46.2 Å². The van der Waals surface area contributed by atoms with Crippen molar-refractivity contribution in [2.45, 2.75) is 25.5 Å². The van der Waals surface area contributed by atoms with E-state index in [1.807, 2.05) is 37.4 Å². The average molecular weight is 472 g/mol. The number of hydrogen-bond donors (Lipinski definition) is 3. The third kappa shape index (κ3) is 5.46. The number of thioether (sulfide) groups is 1. The van der Waals surface area contributed by atoms with Crippen LogP contribution in [0.5, 0.6) is 0 Å². The predicted molar refractivity (Wildman–Crippen MR) is 117 cm³/mol. The normalized spacial score (nSPS) is 20.3. The van der Waals surface area contributed by atoms with Crippen molar-refractivity contribution >= 4 is 52.6 Å². The van der Waals surface area contributed by atoms with E-state index >= 15 is 0 Å². The SMILES string of the molecule is CCNC(=NCc1ccnc2ccccc12)NCC1(O)CCSC1.I. The minimum absolute atomic E-state index is 0. The third-order valence-electron chi connectivity index (χ3n) is 4.16. The quantitative estimate of drug-likeness (QED) is 0.355. The van der Waals surface area contributed by atoms with Gasteiger partial charge < -0.3 is 15.7 Å². The first-order valence-electron chi connectivity index (χ1n) is 8.35. The van der Waals surface area contributed by atoms with Gasteiger partial charge in [-0.3, -0.25) is 4.98 Å². The van der Waals surface area contributed by atoms with Gasteiger partial charge in [-0.05, 0) is 36.8 Å². The zero-order valence-corrected chi connectivity index (χ0v) is 17.5. The zero-order valence-electron chi connectivity index (χ0n) is 14.4. The summed E-state index contributed by atoms with van der Waals surface area (Å²) in [5.74, 6) is 2.55. The molecule has 5 nitrogen and oxygen atoms in total. The molecule has 0 aliphatic carbocycles. The molecule has 7 heteroatoms. The first kappa shape index (κ1) is 20.3. The van der Waals surface area contributed by atoms with Crippen molar-refractivity contribution < 1.29 is 5.11 Å². The van der Waals surface area contributed by atoms with Crippen LogP contribution in [0.15, 0.2) is 41.5 Å². The lowest BCUT2D eigenvalue weighted by molar-refractivity contribution is 0.0724. The second-order valence-electron chi connectivity index (χ2n) is 6.06. The van der Waals surface area contributed by atoms with E-state index in [9.17, 15) is 5.11 Å². The van der Waals surface area contributed by atoms with Gasteiger partial charge in [0.1, 0.15) is 0 Å². The summed E-state index contributed by atoms with van der Waals surface area (Å²) in [7, 11) is 0. The van der Waals surface area contributed by atoms with Crippen molar-refractivity contribution in [3.05, 3.63) is 42.1 Å². The summed E-state index contributed by atoms with van der Waals surface area (Å²) < 4.78 is 0. The number of pyridine rings is 1. The third-order valence-corrected chi connectivity index (χ3v) is 5.39. The van der Waals surface area contributed by atoms with Gasteiger partial charge in [0, 0.05) is 30.4 Å². The highest BCUT2D eigenvalue weighted by molar-refractivity contribution is 14.0. The number of fused-ring (bicyclic) bond motifs is 1. The summed E-state index contributed by atoms with van der Waals surface area (Å²) in [4.78, 5) is 9.06. The summed E-state index contributed by atoms with van der Waals surface area (Å²) in [5, 5.41) is 18.1. The van der Waals surface area contributed by atoms with E-state index in [0.29, 0.717) is 13.1 Å². The number of aliphatic imine (C=N–C) groups is 1. The van der Waals surface area contributed by atoms with E-state index in [-0.39, 0.29) is 24.0 Å². The number of aromatic nitrogens is 1. The van der Waals surface area contributed by atoms with Gasteiger partial charge in [0.05, 0.1) is 17.7 Å². The van der Waals surface area contributed by atoms with Crippen molar-refractivity contribution in [3.63, 3.8) is 0 Å². The van der Waals surface area contributed by atoms with Crippen LogP contribution in [-0.2, 0) is 6.54 Å². The van der Waals surface area contributed by atoms with Gasteiger partial charge in [-0.25, -0.2) is 4.99 Å². The van der Waals surface area contributed by atoms with Crippen LogP contribution in [0.4, 0.5) is 0 Å². The lowest BCUT2D eigenvalue weighted by atomic mass is 10.0. The van der Waals surface area contributed by atoms with Crippen LogP contribution in [0.2, 0.25) is 0 Å². The molecule has 0 radical (unpaired) electrons. The van der Waals surface area contributed by atoms with Crippen LogP contribution in [0, 0.1) is 0 Å². The Morgan fingerprint density at radius 2 is 2.16 bits per heavy atom. The highest BCUT2D eigenvalue weighted by Crippen LogP contribution is 2.26. The van der Waals surface area contributed by atoms with Gasteiger partial charge in [0.15, 0.2) is 5.96 Å². The molecule has 1 aliphatic rings. The number of rotatable bonds is 5. The lowest BCUT2D eigenvalue weighted by Crippen LogP contribution is -2.47. The largest absolute Gasteiger partial charge is 0.387 e. The van der Waals surface area contributed by atoms with E-state index in [1.165, 1.54) is 0 Å². The smallest absolute Gasteiger partial charge is 0.191 e. The van der Waals surface area contributed by atoms with E-state index in [0.717, 1.165) is 46.9 Å². The van der Waals surface area contributed by atoms with Crippen LogP contribution >= 0.6 is 35.7 Å². The maximum atomic E-state index is 10.5. The highest BCUT2D eigenvalue weighted by atomic mass is 127. The molecule has 1 atom stereocenters. The number of halogens is 1. The molecule has 1 aromatic heterocycles. The Bertz CT molecular complexity index is 714. The first-order valence-corrected chi connectivity index (χ1v) is 9.51. The maximum absolute atomic E-state index is 10.5. The summed E-state index contributed by atoms with van der Waals surface area (Å²) in [6.07, 6.45) is 2.66. The second kappa shape index (κ2) is 9.59. The zero-order chi connectivity index (χ0) is 16.8. The standard InChI is InChI=1S/C18H24N4OS.HI/c1-2-19-17(22-12-18(23)8-10-24-13-18)21-11-14-7-9-20-16-6-4-3-5-15(14)16;/h3-7,9,23H,2,8,10-13H2,1H3,(H2,19,21,22);1H. The molecule has 136 valence electrons. The molecule has 0 amide bonds. The Hall–Kier alpha value is -1.06. The van der Waals surface area contributed by atoms with Crippen LogP contribution < -0.4 is 10.6 Å². The number of para-hydroxylation sites is 1. The molecule has 3 N–H and O–H groups in total. The molecule has 1 unspecified atom stereocenters. The number of nitrogens with one attached hydrogen (secondary N) is 2. The molecule has 3 rings (SSSR count). The maximum Gasteiger partial charge on any atom is 0.191 e. The van der Waals surface area contributed by atoms with Crippen molar-refractivity contribution in [2.24, 2.45) is 4.99 Å². The van der Waals surface area contributed by atoms with Gasteiger partial charge in [-0.2, -0.15) is 11.8 Å². The Balaban J connectivity index is 0.00000225. The van der Waals surface area contributed by atoms with Crippen LogP contribution in [0.3, 0.4) is 0 Å². The molecule has 1 fully saturated rings. The lowest BCUT2D eigenvalue weighted by Gasteiger charge is -2.23. The molecule has 0 spiro atoms. The number of guanidine groups is 1. The molecule has 2 aromatic rings. The van der Waals surface area contributed by atoms with Gasteiger partial charge in [0.2, 0.25) is 0 Å². The summed E-state index contributed by atoms with van der Waals surface area (Å²) in [6.45, 7) is 3.93. The number of hydrogen-bond acceptors (Lipinski definition) is 4. The number of benzene rings is 1. The minimum Gasteiger partial charge on any atom is -0.387 e. The Morgan fingerprint density at radius 1 is 1.32 bits per heavy atom. The van der Waals surface area contributed by atoms with Gasteiger partial charge in [-0.15, -0.1) is 24.0 Å². The molecule has 1 aliphatic heterocycles. The van der Waals surface area contributed by atoms with Crippen molar-refractivity contribution in [3.8, 4) is 0 Å². The molecule has 1 aromatic carbocycles. The van der Waals surface area contributed by atoms with Crippen molar-refractivity contribution in [1.82, 2.24) is 15.6 Å². The predicted octanol–water partition coefficient (Wildman–Crippen LogP) is 2.78. The van der Waals surface area contributed by atoms with Crippen LogP contribution in [0.1, 0.15) is 18.9 Å².